The van der Waals surface area contributed by atoms with Crippen LogP contribution in [0.15, 0.2) is 42.5 Å². The van der Waals surface area contributed by atoms with E-state index in [2.05, 4.69) is 20.8 Å². The van der Waals surface area contributed by atoms with Gasteiger partial charge in [0, 0.05) is 6.42 Å². The number of carboxylic acids is 1. The summed E-state index contributed by atoms with van der Waals surface area (Å²) in [4.78, 5) is 11.7. The van der Waals surface area contributed by atoms with Crippen molar-refractivity contribution in [2.45, 2.75) is 52.6 Å². The van der Waals surface area contributed by atoms with Crippen molar-refractivity contribution in [3.63, 3.8) is 0 Å². The van der Waals surface area contributed by atoms with Gasteiger partial charge in [0.2, 0.25) is 0 Å². The van der Waals surface area contributed by atoms with Gasteiger partial charge in [-0.05, 0) is 47.6 Å². The number of ether oxygens (including phenoxy) is 1. The lowest BCUT2D eigenvalue weighted by molar-refractivity contribution is -0.145. The largest absolute Gasteiger partial charge is 0.478 e. The fraction of sp³-hybridized carbons (Fsp3) is 0.381. The zero-order valence-electron chi connectivity index (χ0n) is 15.1. The third-order valence-corrected chi connectivity index (χ3v) is 4.36. The van der Waals surface area contributed by atoms with E-state index in [1.165, 1.54) is 0 Å². The van der Waals surface area contributed by atoms with E-state index in [-0.39, 0.29) is 5.41 Å². The van der Waals surface area contributed by atoms with Crippen molar-refractivity contribution >= 4 is 5.97 Å². The number of aliphatic carboxylic acids is 1. The lowest BCUT2D eigenvalue weighted by Gasteiger charge is -2.25. The Kier molecular flexibility index (Phi) is 5.33. The molecule has 1 N–H and O–H groups in total. The lowest BCUT2D eigenvalue weighted by Crippen LogP contribution is -2.30. The molecule has 2 rings (SSSR count). The van der Waals surface area contributed by atoms with Crippen LogP contribution in [0.2, 0.25) is 0 Å². The highest BCUT2D eigenvalue weighted by molar-refractivity contribution is 5.73. The molecule has 0 bridgehead atoms. The second-order valence-corrected chi connectivity index (χ2v) is 7.25. The maximum Gasteiger partial charge on any atom is 0.345 e. The van der Waals surface area contributed by atoms with Crippen LogP contribution in [0, 0.1) is 13.8 Å². The summed E-state index contributed by atoms with van der Waals surface area (Å²) in [6.45, 7) is 10.3. The Hall–Kier alpha value is -2.29. The summed E-state index contributed by atoms with van der Waals surface area (Å²) in [5, 5.41) is 9.62. The van der Waals surface area contributed by atoms with Crippen molar-refractivity contribution in [1.82, 2.24) is 0 Å². The molecule has 0 spiro atoms. The fourth-order valence-corrected chi connectivity index (χ4v) is 2.75. The molecular weight excluding hydrogens is 300 g/mol. The van der Waals surface area contributed by atoms with Crippen LogP contribution < -0.4 is 4.74 Å². The normalized spacial score (nSPS) is 12.7. The molecule has 0 heterocycles. The number of carbonyl (C=O) groups is 1. The first kappa shape index (κ1) is 18.1. The Bertz CT molecular complexity index is 726. The maximum atomic E-state index is 11.7. The average Bonchev–Trinajstić information content (AvgIpc) is 2.50. The summed E-state index contributed by atoms with van der Waals surface area (Å²) in [7, 11) is 0. The van der Waals surface area contributed by atoms with E-state index in [9.17, 15) is 9.90 Å². The first-order valence-electron chi connectivity index (χ1n) is 8.24. The van der Waals surface area contributed by atoms with Crippen molar-refractivity contribution in [3.05, 3.63) is 64.7 Å². The minimum atomic E-state index is -0.945. The van der Waals surface area contributed by atoms with Crippen molar-refractivity contribution in [2.24, 2.45) is 0 Å². The zero-order valence-corrected chi connectivity index (χ0v) is 15.1. The summed E-state index contributed by atoms with van der Waals surface area (Å²) < 4.78 is 5.93. The Morgan fingerprint density at radius 2 is 1.75 bits per heavy atom. The van der Waals surface area contributed by atoms with E-state index >= 15 is 0 Å². The number of hydrogen-bond donors (Lipinski definition) is 1. The number of aryl methyl sites for hydroxylation is 1. The van der Waals surface area contributed by atoms with Gasteiger partial charge in [-0.1, -0.05) is 57.2 Å². The monoisotopic (exact) mass is 326 g/mol. The molecule has 1 atom stereocenters. The average molecular weight is 326 g/mol. The highest BCUT2D eigenvalue weighted by Crippen LogP contribution is 2.32. The van der Waals surface area contributed by atoms with Crippen molar-refractivity contribution in [3.8, 4) is 5.75 Å². The van der Waals surface area contributed by atoms with Crippen molar-refractivity contribution < 1.29 is 14.6 Å². The van der Waals surface area contributed by atoms with Crippen LogP contribution in [0.3, 0.4) is 0 Å². The van der Waals surface area contributed by atoms with Gasteiger partial charge in [-0.2, -0.15) is 0 Å². The number of rotatable bonds is 5. The van der Waals surface area contributed by atoms with Gasteiger partial charge in [-0.3, -0.25) is 0 Å². The molecule has 24 heavy (non-hydrogen) atoms. The third-order valence-electron chi connectivity index (χ3n) is 4.36. The first-order valence-corrected chi connectivity index (χ1v) is 8.24. The minimum absolute atomic E-state index is 0.112. The molecule has 2 aromatic carbocycles. The van der Waals surface area contributed by atoms with Crippen LogP contribution in [-0.2, 0) is 16.6 Å². The van der Waals surface area contributed by atoms with Gasteiger partial charge in [0.1, 0.15) is 5.75 Å². The number of benzene rings is 2. The molecule has 0 amide bonds. The number of carboxylic acid groups (broad SMARTS) is 1. The molecule has 0 saturated carbocycles. The molecular formula is C21H26O3. The summed E-state index contributed by atoms with van der Waals surface area (Å²) in [6.07, 6.45) is -0.560. The Morgan fingerprint density at radius 3 is 2.38 bits per heavy atom. The number of hydrogen-bond acceptors (Lipinski definition) is 2. The second-order valence-electron chi connectivity index (χ2n) is 7.25. The highest BCUT2D eigenvalue weighted by atomic mass is 16.5. The molecule has 3 nitrogen and oxygen atoms in total. The quantitative estimate of drug-likeness (QED) is 0.868. The third kappa shape index (κ3) is 4.16. The van der Waals surface area contributed by atoms with Crippen LogP contribution >= 0.6 is 0 Å². The highest BCUT2D eigenvalue weighted by Gasteiger charge is 2.25. The van der Waals surface area contributed by atoms with E-state index in [4.69, 9.17) is 4.74 Å². The molecule has 0 aliphatic carbocycles. The zero-order chi connectivity index (χ0) is 17.9. The van der Waals surface area contributed by atoms with Gasteiger partial charge in [-0.15, -0.1) is 0 Å². The minimum Gasteiger partial charge on any atom is -0.478 e. The van der Waals surface area contributed by atoms with E-state index < -0.39 is 12.1 Å². The van der Waals surface area contributed by atoms with Crippen LogP contribution in [0.4, 0.5) is 0 Å². The van der Waals surface area contributed by atoms with E-state index in [1.54, 1.807) is 0 Å². The van der Waals surface area contributed by atoms with E-state index in [0.29, 0.717) is 12.2 Å². The van der Waals surface area contributed by atoms with Crippen LogP contribution in [0.25, 0.3) is 0 Å². The molecule has 3 heteroatoms. The second kappa shape index (κ2) is 7.08. The fourth-order valence-electron chi connectivity index (χ4n) is 2.75. The van der Waals surface area contributed by atoms with Crippen LogP contribution in [-0.4, -0.2) is 17.2 Å². The molecule has 0 saturated heterocycles. The van der Waals surface area contributed by atoms with E-state index in [1.807, 2.05) is 56.3 Å². The molecule has 128 valence electrons. The first-order chi connectivity index (χ1) is 11.2. The molecule has 0 aromatic heterocycles. The van der Waals surface area contributed by atoms with Gasteiger partial charge < -0.3 is 9.84 Å². The van der Waals surface area contributed by atoms with Gasteiger partial charge in [0.15, 0.2) is 6.10 Å². The summed E-state index contributed by atoms with van der Waals surface area (Å²) in [5.41, 5.74) is 4.19. The molecule has 2 aromatic rings. The summed E-state index contributed by atoms with van der Waals surface area (Å²) in [6, 6.07) is 13.6. The van der Waals surface area contributed by atoms with Gasteiger partial charge in [0.25, 0.3) is 0 Å². The van der Waals surface area contributed by atoms with Crippen LogP contribution in [0.5, 0.6) is 5.75 Å². The summed E-state index contributed by atoms with van der Waals surface area (Å²) in [5.74, 6) is -0.303. The van der Waals surface area contributed by atoms with Crippen molar-refractivity contribution in [2.75, 3.05) is 0 Å². The molecule has 0 aliphatic rings. The number of para-hydroxylation sites is 1. The molecule has 0 radical (unpaired) electrons. The molecule has 0 aliphatic heterocycles. The van der Waals surface area contributed by atoms with Crippen molar-refractivity contribution in [1.29, 1.82) is 0 Å². The Balaban J connectivity index is 2.31. The Morgan fingerprint density at radius 1 is 1.08 bits per heavy atom. The maximum absolute atomic E-state index is 11.7. The van der Waals surface area contributed by atoms with E-state index in [0.717, 1.165) is 22.3 Å². The molecule has 1 unspecified atom stereocenters. The Labute approximate surface area is 144 Å². The molecule has 0 fully saturated rings. The SMILES string of the molecule is Cc1cccc(CC(Oc2ccccc2C(C)(C)C)C(=O)O)c1C. The predicted molar refractivity (Wildman–Crippen MR) is 96.8 cm³/mol. The summed E-state index contributed by atoms with van der Waals surface area (Å²) >= 11 is 0. The van der Waals surface area contributed by atoms with Gasteiger partial charge >= 0.3 is 5.97 Å². The predicted octanol–water partition coefficient (Wildman–Crippen LogP) is 4.68. The standard InChI is InChI=1S/C21H26O3/c1-14-9-8-10-16(15(14)2)13-19(20(22)23)24-18-12-7-6-11-17(18)21(3,4)5/h6-12,19H,13H2,1-5H3,(H,22,23). The smallest absolute Gasteiger partial charge is 0.345 e. The van der Waals surface area contributed by atoms with Crippen LogP contribution in [0.1, 0.15) is 43.0 Å². The lowest BCUT2D eigenvalue weighted by atomic mass is 9.86. The van der Waals surface area contributed by atoms with Gasteiger partial charge in [-0.25, -0.2) is 4.79 Å². The topological polar surface area (TPSA) is 46.5 Å². The van der Waals surface area contributed by atoms with Gasteiger partial charge in [0.05, 0.1) is 0 Å².